The van der Waals surface area contributed by atoms with Crippen LogP contribution in [0.15, 0.2) is 36.0 Å². The van der Waals surface area contributed by atoms with Gasteiger partial charge in [0.2, 0.25) is 0 Å². The van der Waals surface area contributed by atoms with Gasteiger partial charge in [-0.2, -0.15) is 5.26 Å². The van der Waals surface area contributed by atoms with Crippen LogP contribution in [0, 0.1) is 11.3 Å². The second kappa shape index (κ2) is 10.9. The normalized spacial score (nSPS) is 12.0. The number of nitrogens with one attached hydrogen (secondary N) is 2. The van der Waals surface area contributed by atoms with Crippen molar-refractivity contribution in [3.05, 3.63) is 41.6 Å². The number of esters is 1. The van der Waals surface area contributed by atoms with E-state index in [1.807, 2.05) is 26.8 Å². The second-order valence-corrected chi connectivity index (χ2v) is 5.63. The van der Waals surface area contributed by atoms with E-state index in [2.05, 4.69) is 10.6 Å². The smallest absolute Gasteiger partial charge is 0.340 e. The number of rotatable bonds is 9. The number of benzene rings is 1. The molecule has 0 fully saturated rings. The molecule has 1 unspecified atom stereocenters. The SMILES string of the molecule is CCCCOC(=O)c1ccccc1NC(=O)/C(C#N)=C\NC(C)CC. The van der Waals surface area contributed by atoms with Crippen LogP contribution in [0.5, 0.6) is 0 Å². The summed E-state index contributed by atoms with van der Waals surface area (Å²) < 4.78 is 5.19. The molecule has 0 aromatic heterocycles. The van der Waals surface area contributed by atoms with Crippen LogP contribution in [-0.2, 0) is 9.53 Å². The molecule has 0 spiro atoms. The van der Waals surface area contributed by atoms with E-state index in [-0.39, 0.29) is 17.2 Å². The Morgan fingerprint density at radius 3 is 2.68 bits per heavy atom. The lowest BCUT2D eigenvalue weighted by Gasteiger charge is -2.11. The van der Waals surface area contributed by atoms with Crippen molar-refractivity contribution in [1.29, 1.82) is 5.26 Å². The number of anilines is 1. The number of nitrogens with zero attached hydrogens (tertiary/aromatic N) is 1. The Bertz CT molecular complexity index is 662. The Balaban J connectivity index is 2.86. The van der Waals surface area contributed by atoms with Crippen molar-refractivity contribution in [3.8, 4) is 6.07 Å². The zero-order valence-electron chi connectivity index (χ0n) is 15.0. The maximum atomic E-state index is 12.3. The summed E-state index contributed by atoms with van der Waals surface area (Å²) in [6, 6.07) is 8.59. The van der Waals surface area contributed by atoms with Gasteiger partial charge in [0.1, 0.15) is 11.6 Å². The molecule has 0 heterocycles. The van der Waals surface area contributed by atoms with Crippen molar-refractivity contribution >= 4 is 17.6 Å². The van der Waals surface area contributed by atoms with Crippen molar-refractivity contribution in [2.45, 2.75) is 46.1 Å². The third kappa shape index (κ3) is 6.68. The number of hydrogen-bond donors (Lipinski definition) is 2. The fourth-order valence-corrected chi connectivity index (χ4v) is 1.84. The van der Waals surface area contributed by atoms with E-state index in [1.165, 1.54) is 6.20 Å². The van der Waals surface area contributed by atoms with Crippen LogP contribution in [0.25, 0.3) is 0 Å². The van der Waals surface area contributed by atoms with Crippen LogP contribution in [0.1, 0.15) is 50.4 Å². The lowest BCUT2D eigenvalue weighted by molar-refractivity contribution is -0.112. The molecule has 1 aromatic carbocycles. The highest BCUT2D eigenvalue weighted by Crippen LogP contribution is 2.17. The van der Waals surface area contributed by atoms with Crippen LogP contribution in [-0.4, -0.2) is 24.5 Å². The minimum absolute atomic E-state index is 0.0607. The highest BCUT2D eigenvalue weighted by atomic mass is 16.5. The molecule has 0 saturated heterocycles. The van der Waals surface area contributed by atoms with Crippen LogP contribution >= 0.6 is 0 Å². The summed E-state index contributed by atoms with van der Waals surface area (Å²) in [6.07, 6.45) is 3.96. The molecular formula is C19H25N3O3. The summed E-state index contributed by atoms with van der Waals surface area (Å²) in [5.74, 6) is -1.07. The molecule has 6 nitrogen and oxygen atoms in total. The number of carbonyl (C=O) groups excluding carboxylic acids is 2. The maximum Gasteiger partial charge on any atom is 0.340 e. The summed E-state index contributed by atoms with van der Waals surface area (Å²) >= 11 is 0. The topological polar surface area (TPSA) is 91.2 Å². The molecule has 0 aliphatic carbocycles. The van der Waals surface area contributed by atoms with Gasteiger partial charge in [-0.15, -0.1) is 0 Å². The van der Waals surface area contributed by atoms with E-state index in [0.717, 1.165) is 19.3 Å². The molecule has 134 valence electrons. The van der Waals surface area contributed by atoms with Gasteiger partial charge in [-0.1, -0.05) is 32.4 Å². The molecule has 25 heavy (non-hydrogen) atoms. The lowest BCUT2D eigenvalue weighted by atomic mass is 10.1. The largest absolute Gasteiger partial charge is 0.462 e. The predicted molar refractivity (Wildman–Crippen MR) is 96.8 cm³/mol. The van der Waals surface area contributed by atoms with Crippen molar-refractivity contribution in [3.63, 3.8) is 0 Å². The maximum absolute atomic E-state index is 12.3. The summed E-state index contributed by atoms with van der Waals surface area (Å²) in [4.78, 5) is 24.4. The first-order valence-electron chi connectivity index (χ1n) is 8.47. The zero-order chi connectivity index (χ0) is 18.7. The molecule has 1 atom stereocenters. The first-order chi connectivity index (χ1) is 12.0. The summed E-state index contributed by atoms with van der Waals surface area (Å²) in [7, 11) is 0. The molecule has 0 aliphatic rings. The molecule has 6 heteroatoms. The van der Waals surface area contributed by atoms with Gasteiger partial charge in [0, 0.05) is 12.2 Å². The summed E-state index contributed by atoms with van der Waals surface area (Å²) in [5.41, 5.74) is 0.521. The van der Waals surface area contributed by atoms with Crippen molar-refractivity contribution in [2.24, 2.45) is 0 Å². The number of amides is 1. The highest BCUT2D eigenvalue weighted by Gasteiger charge is 2.16. The van der Waals surface area contributed by atoms with Gasteiger partial charge in [-0.3, -0.25) is 4.79 Å². The Kier molecular flexibility index (Phi) is 8.80. The predicted octanol–water partition coefficient (Wildman–Crippen LogP) is 3.38. The second-order valence-electron chi connectivity index (χ2n) is 5.63. The quantitative estimate of drug-likeness (QED) is 0.310. The van der Waals surface area contributed by atoms with Gasteiger partial charge < -0.3 is 15.4 Å². The Morgan fingerprint density at radius 2 is 2.04 bits per heavy atom. The average Bonchev–Trinajstić information content (AvgIpc) is 2.62. The van der Waals surface area contributed by atoms with Crippen LogP contribution in [0.4, 0.5) is 5.69 Å². The first kappa shape index (κ1) is 20.2. The number of unbranched alkanes of at least 4 members (excludes halogenated alkanes) is 1. The minimum atomic E-state index is -0.577. The van der Waals surface area contributed by atoms with Gasteiger partial charge in [0.05, 0.1) is 17.9 Å². The lowest BCUT2D eigenvalue weighted by Crippen LogP contribution is -2.23. The van der Waals surface area contributed by atoms with Gasteiger partial charge >= 0.3 is 5.97 Å². The Morgan fingerprint density at radius 1 is 1.32 bits per heavy atom. The van der Waals surface area contributed by atoms with Gasteiger partial charge in [0.15, 0.2) is 0 Å². The molecule has 0 saturated carbocycles. The molecule has 0 radical (unpaired) electrons. The fraction of sp³-hybridized carbons (Fsp3) is 0.421. The first-order valence-corrected chi connectivity index (χ1v) is 8.47. The summed E-state index contributed by atoms with van der Waals surface area (Å²) in [6.45, 7) is 6.29. The number of para-hydroxylation sites is 1. The van der Waals surface area contributed by atoms with E-state index in [4.69, 9.17) is 4.74 Å². The third-order valence-corrected chi connectivity index (χ3v) is 3.62. The third-order valence-electron chi connectivity index (χ3n) is 3.62. The highest BCUT2D eigenvalue weighted by molar-refractivity contribution is 6.09. The van der Waals surface area contributed by atoms with E-state index < -0.39 is 11.9 Å². The van der Waals surface area contributed by atoms with Crippen molar-refractivity contribution in [1.82, 2.24) is 5.32 Å². The van der Waals surface area contributed by atoms with Gasteiger partial charge in [-0.05, 0) is 31.9 Å². The molecule has 0 bridgehead atoms. The van der Waals surface area contributed by atoms with E-state index in [1.54, 1.807) is 24.3 Å². The minimum Gasteiger partial charge on any atom is -0.462 e. The van der Waals surface area contributed by atoms with E-state index in [0.29, 0.717) is 12.3 Å². The number of carbonyl (C=O) groups is 2. The average molecular weight is 343 g/mol. The van der Waals surface area contributed by atoms with Crippen LogP contribution in [0.2, 0.25) is 0 Å². The van der Waals surface area contributed by atoms with Crippen LogP contribution in [0.3, 0.4) is 0 Å². The van der Waals surface area contributed by atoms with Crippen LogP contribution < -0.4 is 10.6 Å². The molecule has 1 amide bonds. The van der Waals surface area contributed by atoms with Gasteiger partial charge in [-0.25, -0.2) is 4.79 Å². The Hall–Kier alpha value is -2.81. The monoisotopic (exact) mass is 343 g/mol. The molecule has 2 N–H and O–H groups in total. The Labute approximate surface area is 148 Å². The standard InChI is InChI=1S/C19H25N3O3/c1-4-6-11-25-19(24)16-9-7-8-10-17(16)22-18(23)15(12-20)13-21-14(3)5-2/h7-10,13-14,21H,4-6,11H2,1-3H3,(H,22,23)/b15-13-. The van der Waals surface area contributed by atoms with E-state index >= 15 is 0 Å². The number of hydrogen-bond acceptors (Lipinski definition) is 5. The van der Waals surface area contributed by atoms with Crippen molar-refractivity contribution in [2.75, 3.05) is 11.9 Å². The molecule has 0 aliphatic heterocycles. The van der Waals surface area contributed by atoms with Gasteiger partial charge in [0.25, 0.3) is 5.91 Å². The van der Waals surface area contributed by atoms with Crippen molar-refractivity contribution < 1.29 is 14.3 Å². The fourth-order valence-electron chi connectivity index (χ4n) is 1.84. The molecule has 1 rings (SSSR count). The molecule has 1 aromatic rings. The molecular weight excluding hydrogens is 318 g/mol. The number of nitriles is 1. The number of ether oxygens (including phenoxy) is 1. The zero-order valence-corrected chi connectivity index (χ0v) is 15.0. The summed E-state index contributed by atoms with van der Waals surface area (Å²) in [5, 5.41) is 14.8. The van der Waals surface area contributed by atoms with E-state index in [9.17, 15) is 14.9 Å².